The van der Waals surface area contributed by atoms with Crippen LogP contribution >= 0.6 is 16.5 Å². The highest BCUT2D eigenvalue weighted by atomic mass is 31.1. The number of benzene rings is 10. The lowest BCUT2D eigenvalue weighted by Crippen LogP contribution is -2.38. The van der Waals surface area contributed by atoms with Gasteiger partial charge in [-0.25, -0.2) is 0 Å². The van der Waals surface area contributed by atoms with Gasteiger partial charge >= 0.3 is 16.5 Å². The molecule has 0 unspecified atom stereocenters. The molecule has 0 aliphatic carbocycles. The van der Waals surface area contributed by atoms with E-state index in [4.69, 9.17) is 41.6 Å². The normalized spacial score (nSPS) is 11.7. The molecule has 12 rings (SSSR count). The Balaban J connectivity index is 0.000000906. The van der Waals surface area contributed by atoms with Crippen molar-refractivity contribution in [3.05, 3.63) is 170 Å². The van der Waals surface area contributed by atoms with Crippen LogP contribution in [-0.4, -0.2) is 32.3 Å². The molecule has 15 heteroatoms. The SMILES string of the molecule is CC#N.CC#N.CC#N.C[Si](C)(C)c1cc2ccccc2c2c1op(Oc1ccccc1-c1ccccc1Op1oc3c([Si](C)(C)C)cc4ccccc4c3c3c(o1)c([Si](C)(C)C)cc1ccccc13)oc1c([Si](C)(C)C)cc3ccccc3c12. The summed E-state index contributed by atoms with van der Waals surface area (Å²) in [7, 11) is -12.4. The first-order chi connectivity index (χ1) is 40.5. The van der Waals surface area contributed by atoms with Crippen LogP contribution in [0.25, 0.3) is 98.1 Å². The molecular formula is C70H73N3O6P2Si4. The zero-order valence-corrected chi connectivity index (χ0v) is 57.1. The highest BCUT2D eigenvalue weighted by molar-refractivity contribution is 7.32. The molecule has 0 N–H and O–H groups in total. The Morgan fingerprint density at radius 1 is 0.318 bits per heavy atom. The van der Waals surface area contributed by atoms with Gasteiger partial charge in [0.2, 0.25) is 0 Å². The molecule has 430 valence electrons. The van der Waals surface area contributed by atoms with Crippen molar-refractivity contribution < 1.29 is 25.8 Å². The Hall–Kier alpha value is -8.02. The molecule has 2 aromatic heterocycles. The van der Waals surface area contributed by atoms with Crippen LogP contribution in [0.1, 0.15) is 20.8 Å². The van der Waals surface area contributed by atoms with Gasteiger partial charge in [0, 0.05) is 53.4 Å². The number of hydrogen-bond acceptors (Lipinski definition) is 9. The van der Waals surface area contributed by atoms with Gasteiger partial charge in [-0.05, 0) is 76.0 Å². The second kappa shape index (κ2) is 24.9. The molecule has 10 aromatic carbocycles. The van der Waals surface area contributed by atoms with Crippen LogP contribution in [0.2, 0.25) is 78.6 Å². The fourth-order valence-electron chi connectivity index (χ4n) is 11.0. The monoisotopic (exact) mass is 1230 g/mol. The van der Waals surface area contributed by atoms with Gasteiger partial charge < -0.3 is 25.8 Å². The lowest BCUT2D eigenvalue weighted by molar-refractivity contribution is 0.495. The van der Waals surface area contributed by atoms with E-state index in [1.54, 1.807) is 18.2 Å². The summed E-state index contributed by atoms with van der Waals surface area (Å²) in [5.41, 5.74) is 5.07. The first-order valence-corrected chi connectivity index (χ1v) is 44.7. The van der Waals surface area contributed by atoms with Crippen molar-refractivity contribution in [1.82, 2.24) is 0 Å². The zero-order valence-electron chi connectivity index (χ0n) is 51.4. The molecule has 0 bridgehead atoms. The Bertz CT molecular complexity index is 4220. The van der Waals surface area contributed by atoms with E-state index in [2.05, 4.69) is 212 Å². The molecule has 0 amide bonds. The van der Waals surface area contributed by atoms with Gasteiger partial charge in [0.1, 0.15) is 33.8 Å². The van der Waals surface area contributed by atoms with Crippen molar-refractivity contribution in [2.45, 2.75) is 99.3 Å². The van der Waals surface area contributed by atoms with Crippen LogP contribution in [0.15, 0.2) is 187 Å². The first kappa shape index (κ1) is 61.5. The predicted octanol–water partition coefficient (Wildman–Crippen LogP) is 20.6. The number of hydrogen-bond donors (Lipinski definition) is 0. The lowest BCUT2D eigenvalue weighted by Gasteiger charge is -2.20. The molecule has 9 nitrogen and oxygen atoms in total. The van der Waals surface area contributed by atoms with Gasteiger partial charge in [0.25, 0.3) is 0 Å². The number of rotatable bonds is 9. The summed E-state index contributed by atoms with van der Waals surface area (Å²) < 4.78 is 44.2. The molecule has 0 aliphatic heterocycles. The summed E-state index contributed by atoms with van der Waals surface area (Å²) in [6.07, 6.45) is 0. The third-order valence-electron chi connectivity index (χ3n) is 14.8. The van der Waals surface area contributed by atoms with Gasteiger partial charge in [-0.3, -0.25) is 0 Å². The Morgan fingerprint density at radius 2 is 0.518 bits per heavy atom. The second-order valence-electron chi connectivity index (χ2n) is 25.1. The minimum atomic E-state index is -2.07. The number of para-hydroxylation sites is 2. The summed E-state index contributed by atoms with van der Waals surface area (Å²) in [5, 5.41) is 40.5. The molecule has 0 saturated heterocycles. The summed E-state index contributed by atoms with van der Waals surface area (Å²) in [5.74, 6) is 1.23. The number of nitrogens with zero attached hydrogens (tertiary/aromatic N) is 3. The fraction of sp³-hybridized carbons (Fsp3) is 0.214. The molecule has 2 heterocycles. The topological polar surface area (TPSA) is 142 Å². The van der Waals surface area contributed by atoms with E-state index in [0.717, 1.165) is 76.5 Å². The summed E-state index contributed by atoms with van der Waals surface area (Å²) >= 11 is 0. The van der Waals surface area contributed by atoms with Crippen molar-refractivity contribution in [3.8, 4) is 40.8 Å². The van der Waals surface area contributed by atoms with Crippen molar-refractivity contribution in [3.63, 3.8) is 0 Å². The van der Waals surface area contributed by atoms with Crippen LogP contribution in [-0.2, 0) is 0 Å². The highest BCUT2D eigenvalue weighted by Gasteiger charge is 2.31. The third kappa shape index (κ3) is 12.6. The van der Waals surface area contributed by atoms with Gasteiger partial charge in [-0.1, -0.05) is 236 Å². The molecule has 0 atom stereocenters. The fourth-order valence-corrected chi connectivity index (χ4v) is 19.4. The van der Waals surface area contributed by atoms with Crippen molar-refractivity contribution in [2.24, 2.45) is 0 Å². The van der Waals surface area contributed by atoms with E-state index in [1.165, 1.54) is 63.1 Å². The summed E-state index contributed by atoms with van der Waals surface area (Å²) in [6, 6.07) is 65.9. The molecule has 0 saturated carbocycles. The molecule has 85 heavy (non-hydrogen) atoms. The molecule has 0 radical (unpaired) electrons. The van der Waals surface area contributed by atoms with Gasteiger partial charge in [0.05, 0.1) is 50.5 Å². The Labute approximate surface area is 505 Å². The maximum absolute atomic E-state index is 7.40. The van der Waals surface area contributed by atoms with Crippen LogP contribution in [0, 0.1) is 34.0 Å². The molecule has 12 aromatic rings. The van der Waals surface area contributed by atoms with Crippen molar-refractivity contribution >= 4 is 156 Å². The minimum absolute atomic E-state index is 0.617. The summed E-state index contributed by atoms with van der Waals surface area (Å²) in [6.45, 7) is 33.0. The third-order valence-corrected chi connectivity index (χ3v) is 24.8. The second-order valence-corrected chi connectivity index (χ2v) is 47.2. The van der Waals surface area contributed by atoms with Crippen molar-refractivity contribution in [1.29, 1.82) is 15.8 Å². The van der Waals surface area contributed by atoms with Gasteiger partial charge in [-0.2, -0.15) is 15.8 Å². The smallest absolute Gasteiger partial charge is 0.390 e. The Kier molecular flexibility index (Phi) is 18.0. The van der Waals surface area contributed by atoms with Crippen LogP contribution in [0.4, 0.5) is 0 Å². The maximum Gasteiger partial charge on any atom is 0.453 e. The number of fused-ring (bicyclic) bond motifs is 14. The van der Waals surface area contributed by atoms with E-state index in [1.807, 2.05) is 36.4 Å². The van der Waals surface area contributed by atoms with Crippen molar-refractivity contribution in [2.75, 3.05) is 0 Å². The minimum Gasteiger partial charge on any atom is -0.390 e. The van der Waals surface area contributed by atoms with E-state index < -0.39 is 48.8 Å². The predicted molar refractivity (Wildman–Crippen MR) is 372 cm³/mol. The molecular weight excluding hydrogens is 1150 g/mol. The van der Waals surface area contributed by atoms with Gasteiger partial charge in [0.15, 0.2) is 0 Å². The van der Waals surface area contributed by atoms with Gasteiger partial charge in [-0.15, -0.1) is 0 Å². The standard InChI is InChI=1S/C64H64O6P2Si4.3C2H3N/c1-73(2,3)53-37-41-25-13-17-29-45(41)57-58-46-30-18-14-26-42(46)38-54(74(4,5)6)62(58)68-71(67-61(53)57)65-51-35-23-21-33-49(51)50-34-22-24-36-52(50)66-72-69-63-55(75(7,8)9)39-43-27-15-19-31-47(43)59(63)60-48-32-20-16-28-44(48)40-56(64(60)70-72)76(10,11)12;3*1-2-3/h13-40H,1-12H3;3*1H3. The van der Waals surface area contributed by atoms with E-state index in [9.17, 15) is 0 Å². The van der Waals surface area contributed by atoms with E-state index in [0.29, 0.717) is 11.5 Å². The molecule has 0 aliphatic rings. The molecule has 0 fully saturated rings. The van der Waals surface area contributed by atoms with Crippen LogP contribution in [0.5, 0.6) is 11.5 Å². The van der Waals surface area contributed by atoms with E-state index >= 15 is 0 Å². The first-order valence-electron chi connectivity index (χ1n) is 28.5. The quantitative estimate of drug-likeness (QED) is 0.129. The zero-order chi connectivity index (χ0) is 61.2. The average Bonchev–Trinajstić information content (AvgIpc) is 1.76. The Morgan fingerprint density at radius 3 is 0.741 bits per heavy atom. The van der Waals surface area contributed by atoms with Crippen LogP contribution < -0.4 is 29.8 Å². The summed E-state index contributed by atoms with van der Waals surface area (Å²) in [4.78, 5) is 0. The number of nitriles is 3. The molecule has 0 spiro atoms. The average molecular weight is 1230 g/mol. The van der Waals surface area contributed by atoms with E-state index in [-0.39, 0.29) is 0 Å². The maximum atomic E-state index is 7.40. The van der Waals surface area contributed by atoms with Crippen LogP contribution in [0.3, 0.4) is 0 Å². The lowest BCUT2D eigenvalue weighted by atomic mass is 9.98. The highest BCUT2D eigenvalue weighted by Crippen LogP contribution is 2.48. The largest absolute Gasteiger partial charge is 0.453 e.